The van der Waals surface area contributed by atoms with E-state index in [9.17, 15) is 13.6 Å². The van der Waals surface area contributed by atoms with Gasteiger partial charge in [-0.25, -0.2) is 13.5 Å². The Balaban J connectivity index is 1.74. The van der Waals surface area contributed by atoms with E-state index in [0.29, 0.717) is 25.2 Å². The molecule has 0 spiro atoms. The standard InChI is InChI=1S/C17H26F2N4O/c1-3-5-16(24)22-7-4-6-12(10-22)13-9-14(17(18)19)23-15(20-13)8-11(2)21-23/h8,12-14,17,20H,3-7,9-10H2,1-2H3/t12?,13-,14+/m0/s1. The molecule has 1 amide bonds. The molecule has 24 heavy (non-hydrogen) atoms. The smallest absolute Gasteiger partial charge is 0.260 e. The van der Waals surface area contributed by atoms with Gasteiger partial charge in [0.25, 0.3) is 6.43 Å². The summed E-state index contributed by atoms with van der Waals surface area (Å²) in [6, 6.07) is 0.899. The number of hydrogen-bond donors (Lipinski definition) is 1. The highest BCUT2D eigenvalue weighted by Gasteiger charge is 2.38. The zero-order chi connectivity index (χ0) is 17.3. The van der Waals surface area contributed by atoms with Gasteiger partial charge in [0.2, 0.25) is 5.91 Å². The van der Waals surface area contributed by atoms with Crippen LogP contribution in [0.1, 0.15) is 50.8 Å². The zero-order valence-corrected chi connectivity index (χ0v) is 14.3. The van der Waals surface area contributed by atoms with Crippen LogP contribution in [-0.4, -0.2) is 46.1 Å². The van der Waals surface area contributed by atoms with Gasteiger partial charge in [0.1, 0.15) is 11.9 Å². The molecule has 3 atom stereocenters. The summed E-state index contributed by atoms with van der Waals surface area (Å²) >= 11 is 0. The third-order valence-electron chi connectivity index (χ3n) is 5.14. The van der Waals surface area contributed by atoms with Crippen molar-refractivity contribution in [3.05, 3.63) is 11.8 Å². The van der Waals surface area contributed by atoms with Crippen LogP contribution in [0, 0.1) is 12.8 Å². The number of amides is 1. The van der Waals surface area contributed by atoms with Gasteiger partial charge in [-0.2, -0.15) is 5.10 Å². The molecule has 0 bridgehead atoms. The number of rotatable bonds is 4. The van der Waals surface area contributed by atoms with Crippen molar-refractivity contribution in [2.75, 3.05) is 18.4 Å². The number of piperidine rings is 1. The predicted octanol–water partition coefficient (Wildman–Crippen LogP) is 3.22. The quantitative estimate of drug-likeness (QED) is 0.915. The highest BCUT2D eigenvalue weighted by Crippen LogP contribution is 2.36. The Hall–Kier alpha value is -1.66. The average Bonchev–Trinajstić information content (AvgIpc) is 2.94. The summed E-state index contributed by atoms with van der Waals surface area (Å²) in [5, 5.41) is 7.60. The van der Waals surface area contributed by atoms with Crippen LogP contribution in [0.15, 0.2) is 6.07 Å². The molecule has 5 nitrogen and oxygen atoms in total. The average molecular weight is 340 g/mol. The fraction of sp³-hybridized carbons (Fsp3) is 0.765. The number of nitrogens with zero attached hydrogens (tertiary/aromatic N) is 3. The van der Waals surface area contributed by atoms with Crippen LogP contribution < -0.4 is 5.32 Å². The molecular weight excluding hydrogens is 314 g/mol. The Kier molecular flexibility index (Phi) is 5.06. The van der Waals surface area contributed by atoms with Gasteiger partial charge < -0.3 is 10.2 Å². The molecule has 7 heteroatoms. The Morgan fingerprint density at radius 2 is 2.29 bits per heavy atom. The lowest BCUT2D eigenvalue weighted by Crippen LogP contribution is -2.48. The molecule has 1 aromatic rings. The molecule has 3 heterocycles. The Bertz CT molecular complexity index is 589. The predicted molar refractivity (Wildman–Crippen MR) is 88.2 cm³/mol. The number of halogens is 2. The highest BCUT2D eigenvalue weighted by molar-refractivity contribution is 5.76. The van der Waals surface area contributed by atoms with Crippen LogP contribution in [0.25, 0.3) is 0 Å². The van der Waals surface area contributed by atoms with E-state index in [0.717, 1.165) is 31.5 Å². The number of likely N-dealkylation sites (tertiary alicyclic amines) is 1. The summed E-state index contributed by atoms with van der Waals surface area (Å²) in [5.74, 6) is 1.07. The number of anilines is 1. The Morgan fingerprint density at radius 1 is 1.50 bits per heavy atom. The maximum absolute atomic E-state index is 13.5. The van der Waals surface area contributed by atoms with Crippen LogP contribution in [0.2, 0.25) is 0 Å². The number of alkyl halides is 2. The molecule has 3 rings (SSSR count). The van der Waals surface area contributed by atoms with E-state index in [2.05, 4.69) is 10.4 Å². The van der Waals surface area contributed by atoms with Crippen molar-refractivity contribution < 1.29 is 13.6 Å². The van der Waals surface area contributed by atoms with Crippen molar-refractivity contribution >= 4 is 11.7 Å². The number of fused-ring (bicyclic) bond motifs is 1. The molecule has 1 saturated heterocycles. The summed E-state index contributed by atoms with van der Waals surface area (Å²) in [6.45, 7) is 5.27. The van der Waals surface area contributed by atoms with Crippen molar-refractivity contribution in [1.82, 2.24) is 14.7 Å². The second-order valence-electron chi connectivity index (χ2n) is 7.00. The van der Waals surface area contributed by atoms with Crippen molar-refractivity contribution in [2.45, 2.75) is 64.5 Å². The first-order chi connectivity index (χ1) is 11.5. The summed E-state index contributed by atoms with van der Waals surface area (Å²) in [7, 11) is 0. The molecular formula is C17H26F2N4O. The molecule has 0 saturated carbocycles. The van der Waals surface area contributed by atoms with Crippen LogP contribution >= 0.6 is 0 Å². The van der Waals surface area contributed by atoms with Crippen LogP contribution in [0.5, 0.6) is 0 Å². The maximum atomic E-state index is 13.5. The summed E-state index contributed by atoms with van der Waals surface area (Å²) in [6.07, 6.45) is 1.23. The topological polar surface area (TPSA) is 50.2 Å². The zero-order valence-electron chi connectivity index (χ0n) is 14.3. The monoisotopic (exact) mass is 340 g/mol. The van der Waals surface area contributed by atoms with Crippen molar-refractivity contribution in [1.29, 1.82) is 0 Å². The fourth-order valence-corrected chi connectivity index (χ4v) is 3.94. The molecule has 0 radical (unpaired) electrons. The van der Waals surface area contributed by atoms with Crippen molar-refractivity contribution in [3.63, 3.8) is 0 Å². The molecule has 1 fully saturated rings. The molecule has 134 valence electrons. The first kappa shape index (κ1) is 17.2. The Morgan fingerprint density at radius 3 is 3.00 bits per heavy atom. The minimum atomic E-state index is -2.44. The third-order valence-corrected chi connectivity index (χ3v) is 5.14. The first-order valence-corrected chi connectivity index (χ1v) is 8.88. The summed E-state index contributed by atoms with van der Waals surface area (Å²) < 4.78 is 28.4. The second kappa shape index (κ2) is 7.07. The third kappa shape index (κ3) is 3.39. The number of nitrogens with one attached hydrogen (secondary N) is 1. The van der Waals surface area contributed by atoms with E-state index in [1.165, 1.54) is 4.68 Å². The number of aromatic nitrogens is 2. The number of carbonyl (C=O) groups is 1. The van der Waals surface area contributed by atoms with Crippen LogP contribution in [0.4, 0.5) is 14.6 Å². The minimum absolute atomic E-state index is 0.0372. The van der Waals surface area contributed by atoms with E-state index in [1.54, 1.807) is 0 Å². The van der Waals surface area contributed by atoms with Crippen LogP contribution in [-0.2, 0) is 4.79 Å². The van der Waals surface area contributed by atoms with Gasteiger partial charge in [0.15, 0.2) is 0 Å². The second-order valence-corrected chi connectivity index (χ2v) is 7.00. The molecule has 1 N–H and O–H groups in total. The minimum Gasteiger partial charge on any atom is -0.367 e. The molecule has 2 aliphatic heterocycles. The van der Waals surface area contributed by atoms with Gasteiger partial charge in [-0.3, -0.25) is 4.79 Å². The highest BCUT2D eigenvalue weighted by atomic mass is 19.3. The van der Waals surface area contributed by atoms with Gasteiger partial charge in [0.05, 0.1) is 5.69 Å². The lowest BCUT2D eigenvalue weighted by molar-refractivity contribution is -0.133. The summed E-state index contributed by atoms with van der Waals surface area (Å²) in [5.41, 5.74) is 0.743. The molecule has 0 aliphatic carbocycles. The van der Waals surface area contributed by atoms with Gasteiger partial charge in [-0.1, -0.05) is 6.92 Å². The lowest BCUT2D eigenvalue weighted by Gasteiger charge is -2.41. The number of aryl methyl sites for hydroxylation is 1. The molecule has 1 aromatic heterocycles. The van der Waals surface area contributed by atoms with Crippen molar-refractivity contribution in [3.8, 4) is 0 Å². The van der Waals surface area contributed by atoms with Gasteiger partial charge >= 0.3 is 0 Å². The van der Waals surface area contributed by atoms with Crippen LogP contribution in [0.3, 0.4) is 0 Å². The SMILES string of the molecule is CCCC(=O)N1CCCC([C@@H]2C[C@H](C(F)F)n3nc(C)cc3N2)C1. The first-order valence-electron chi connectivity index (χ1n) is 8.88. The Labute approximate surface area is 141 Å². The molecule has 0 aromatic carbocycles. The number of hydrogen-bond acceptors (Lipinski definition) is 3. The van der Waals surface area contributed by atoms with Gasteiger partial charge in [-0.15, -0.1) is 0 Å². The number of carbonyl (C=O) groups excluding carboxylic acids is 1. The van der Waals surface area contributed by atoms with Gasteiger partial charge in [-0.05, 0) is 38.5 Å². The largest absolute Gasteiger partial charge is 0.367 e. The maximum Gasteiger partial charge on any atom is 0.260 e. The van der Waals surface area contributed by atoms with Gasteiger partial charge in [0, 0.05) is 31.6 Å². The lowest BCUT2D eigenvalue weighted by atomic mass is 9.86. The molecule has 1 unspecified atom stereocenters. The normalized spacial score (nSPS) is 27.0. The van der Waals surface area contributed by atoms with E-state index < -0.39 is 12.5 Å². The fourth-order valence-electron chi connectivity index (χ4n) is 3.94. The van der Waals surface area contributed by atoms with E-state index >= 15 is 0 Å². The van der Waals surface area contributed by atoms with E-state index in [4.69, 9.17) is 0 Å². The van der Waals surface area contributed by atoms with E-state index in [-0.39, 0.29) is 17.9 Å². The van der Waals surface area contributed by atoms with E-state index in [1.807, 2.05) is 24.8 Å². The van der Waals surface area contributed by atoms with Crippen molar-refractivity contribution in [2.24, 2.45) is 5.92 Å². The summed E-state index contributed by atoms with van der Waals surface area (Å²) in [4.78, 5) is 14.1. The molecule has 2 aliphatic rings.